The third-order valence-electron chi connectivity index (χ3n) is 1.74. The van der Waals surface area contributed by atoms with Crippen LogP contribution in [0.1, 0.15) is 17.3 Å². The van der Waals surface area contributed by atoms with Crippen molar-refractivity contribution < 1.29 is 4.79 Å². The minimum Gasteiger partial charge on any atom is -0.330 e. The Morgan fingerprint density at radius 1 is 1.57 bits per heavy atom. The molecule has 0 aromatic carbocycles. The van der Waals surface area contributed by atoms with Crippen molar-refractivity contribution in [1.82, 2.24) is 9.97 Å². The van der Waals surface area contributed by atoms with E-state index in [9.17, 15) is 4.79 Å². The first-order chi connectivity index (χ1) is 6.81. The van der Waals surface area contributed by atoms with E-state index in [4.69, 9.17) is 6.42 Å². The van der Waals surface area contributed by atoms with Gasteiger partial charge in [-0.3, -0.25) is 4.79 Å². The maximum atomic E-state index is 10.4. The lowest BCUT2D eigenvalue weighted by Crippen LogP contribution is -2.24. The Kier molecular flexibility index (Phi) is 3.62. The van der Waals surface area contributed by atoms with Crippen LogP contribution in [0.25, 0.3) is 0 Å². The summed E-state index contributed by atoms with van der Waals surface area (Å²) in [5, 5.41) is 0. The first-order valence-electron chi connectivity index (χ1n) is 4.27. The van der Waals surface area contributed by atoms with E-state index in [-0.39, 0.29) is 0 Å². The largest absolute Gasteiger partial charge is 0.330 e. The second kappa shape index (κ2) is 4.97. The van der Waals surface area contributed by atoms with Crippen LogP contribution in [-0.2, 0) is 0 Å². The van der Waals surface area contributed by atoms with Crippen molar-refractivity contribution in [3.8, 4) is 12.3 Å². The van der Waals surface area contributed by atoms with E-state index in [1.54, 1.807) is 0 Å². The zero-order valence-electron chi connectivity index (χ0n) is 7.97. The van der Waals surface area contributed by atoms with Crippen LogP contribution in [0.3, 0.4) is 0 Å². The van der Waals surface area contributed by atoms with Crippen LogP contribution in [0.5, 0.6) is 0 Å². The Morgan fingerprint density at radius 2 is 2.21 bits per heavy atom. The standard InChI is InChI=1S/C10H11N3O/c1-3-5-13(4-2)10-11-6-9(8-14)7-12-10/h1,6-8H,4-5H2,2H3. The summed E-state index contributed by atoms with van der Waals surface area (Å²) in [7, 11) is 0. The maximum Gasteiger partial charge on any atom is 0.226 e. The lowest BCUT2D eigenvalue weighted by atomic mass is 10.4. The smallest absolute Gasteiger partial charge is 0.226 e. The number of terminal acetylenes is 1. The third kappa shape index (κ3) is 2.30. The van der Waals surface area contributed by atoms with Crippen molar-refractivity contribution in [1.29, 1.82) is 0 Å². The molecule has 72 valence electrons. The van der Waals surface area contributed by atoms with Gasteiger partial charge >= 0.3 is 0 Å². The molecule has 0 atom stereocenters. The second-order valence-electron chi connectivity index (χ2n) is 2.65. The Morgan fingerprint density at radius 3 is 2.64 bits per heavy atom. The van der Waals surface area contributed by atoms with Crippen LogP contribution in [0.15, 0.2) is 12.4 Å². The molecule has 0 amide bonds. The molecule has 0 spiro atoms. The van der Waals surface area contributed by atoms with E-state index >= 15 is 0 Å². The molecule has 1 heterocycles. The summed E-state index contributed by atoms with van der Waals surface area (Å²) in [5.41, 5.74) is 0.463. The number of rotatable bonds is 4. The Balaban J connectivity index is 2.84. The first kappa shape index (κ1) is 10.2. The van der Waals surface area contributed by atoms with Gasteiger partial charge in [0, 0.05) is 18.9 Å². The number of nitrogens with zero attached hydrogens (tertiary/aromatic N) is 3. The molecule has 4 nitrogen and oxygen atoms in total. The molecule has 0 aliphatic rings. The van der Waals surface area contributed by atoms with E-state index in [2.05, 4.69) is 15.9 Å². The van der Waals surface area contributed by atoms with E-state index in [1.165, 1.54) is 12.4 Å². The predicted molar refractivity (Wildman–Crippen MR) is 54.1 cm³/mol. The predicted octanol–water partition coefficient (Wildman–Crippen LogP) is 0.749. The average Bonchev–Trinajstić information content (AvgIpc) is 2.26. The number of carbonyl (C=O) groups is 1. The van der Waals surface area contributed by atoms with Crippen molar-refractivity contribution in [3.05, 3.63) is 18.0 Å². The SMILES string of the molecule is C#CCN(CC)c1ncc(C=O)cn1. The second-order valence-corrected chi connectivity index (χ2v) is 2.65. The zero-order valence-corrected chi connectivity index (χ0v) is 7.97. The van der Waals surface area contributed by atoms with Gasteiger partial charge in [-0.15, -0.1) is 6.42 Å². The van der Waals surface area contributed by atoms with Crippen molar-refractivity contribution in [3.63, 3.8) is 0 Å². The van der Waals surface area contributed by atoms with E-state index in [0.717, 1.165) is 6.54 Å². The molecule has 14 heavy (non-hydrogen) atoms. The summed E-state index contributed by atoms with van der Waals surface area (Å²) in [4.78, 5) is 20.3. The highest BCUT2D eigenvalue weighted by Crippen LogP contribution is 2.04. The van der Waals surface area contributed by atoms with Gasteiger partial charge in [0.15, 0.2) is 6.29 Å². The maximum absolute atomic E-state index is 10.4. The lowest BCUT2D eigenvalue weighted by Gasteiger charge is -2.16. The molecule has 0 aliphatic heterocycles. The molecular weight excluding hydrogens is 178 g/mol. The van der Waals surface area contributed by atoms with Crippen LogP contribution >= 0.6 is 0 Å². The quantitative estimate of drug-likeness (QED) is 0.518. The molecule has 0 unspecified atom stereocenters. The van der Waals surface area contributed by atoms with Gasteiger partial charge in [-0.05, 0) is 6.92 Å². The fraction of sp³-hybridized carbons (Fsp3) is 0.300. The molecule has 0 aliphatic carbocycles. The Hall–Kier alpha value is -1.89. The van der Waals surface area contributed by atoms with Gasteiger partial charge in [-0.1, -0.05) is 5.92 Å². The summed E-state index contributed by atoms with van der Waals surface area (Å²) < 4.78 is 0. The van der Waals surface area contributed by atoms with E-state index in [1.807, 2.05) is 11.8 Å². The topological polar surface area (TPSA) is 46.1 Å². The molecule has 0 bridgehead atoms. The van der Waals surface area contributed by atoms with E-state index < -0.39 is 0 Å². The van der Waals surface area contributed by atoms with Crippen molar-refractivity contribution in [2.24, 2.45) is 0 Å². The average molecular weight is 189 g/mol. The van der Waals surface area contributed by atoms with Gasteiger partial charge in [0.2, 0.25) is 5.95 Å². The Labute approximate surface area is 83.0 Å². The van der Waals surface area contributed by atoms with Gasteiger partial charge in [0.25, 0.3) is 0 Å². The van der Waals surface area contributed by atoms with E-state index in [0.29, 0.717) is 24.3 Å². The van der Waals surface area contributed by atoms with Gasteiger partial charge in [-0.25, -0.2) is 9.97 Å². The highest BCUT2D eigenvalue weighted by atomic mass is 16.1. The highest BCUT2D eigenvalue weighted by Gasteiger charge is 2.04. The van der Waals surface area contributed by atoms with Crippen molar-refractivity contribution >= 4 is 12.2 Å². The minimum atomic E-state index is 0.463. The summed E-state index contributed by atoms with van der Waals surface area (Å²) in [6.07, 6.45) is 8.87. The van der Waals surface area contributed by atoms with Crippen LogP contribution in [0.2, 0.25) is 0 Å². The first-order valence-corrected chi connectivity index (χ1v) is 4.27. The van der Waals surface area contributed by atoms with Crippen molar-refractivity contribution in [2.75, 3.05) is 18.0 Å². The van der Waals surface area contributed by atoms with Crippen LogP contribution in [0, 0.1) is 12.3 Å². The molecule has 0 N–H and O–H groups in total. The fourth-order valence-corrected chi connectivity index (χ4v) is 0.989. The number of aldehydes is 1. The normalized spacial score (nSPS) is 9.14. The van der Waals surface area contributed by atoms with Gasteiger partial charge in [0.1, 0.15) is 0 Å². The molecule has 0 saturated carbocycles. The number of hydrogen-bond acceptors (Lipinski definition) is 4. The fourth-order valence-electron chi connectivity index (χ4n) is 0.989. The zero-order chi connectivity index (χ0) is 10.4. The monoisotopic (exact) mass is 189 g/mol. The van der Waals surface area contributed by atoms with Crippen LogP contribution in [-0.4, -0.2) is 29.3 Å². The molecule has 1 rings (SSSR count). The van der Waals surface area contributed by atoms with Gasteiger partial charge in [0.05, 0.1) is 12.1 Å². The molecule has 0 radical (unpaired) electrons. The highest BCUT2D eigenvalue weighted by molar-refractivity contribution is 5.73. The molecule has 0 saturated heterocycles. The summed E-state index contributed by atoms with van der Waals surface area (Å²) in [6.45, 7) is 3.18. The van der Waals surface area contributed by atoms with Gasteiger partial charge < -0.3 is 4.90 Å². The van der Waals surface area contributed by atoms with Crippen molar-refractivity contribution in [2.45, 2.75) is 6.92 Å². The third-order valence-corrected chi connectivity index (χ3v) is 1.74. The van der Waals surface area contributed by atoms with Crippen LogP contribution in [0.4, 0.5) is 5.95 Å². The lowest BCUT2D eigenvalue weighted by molar-refractivity contribution is 0.112. The number of aromatic nitrogens is 2. The van der Waals surface area contributed by atoms with Crippen LogP contribution < -0.4 is 4.90 Å². The minimum absolute atomic E-state index is 0.463. The number of anilines is 1. The molecule has 1 aromatic heterocycles. The number of carbonyl (C=O) groups excluding carboxylic acids is 1. The summed E-state index contributed by atoms with van der Waals surface area (Å²) in [5.74, 6) is 3.07. The molecule has 1 aromatic rings. The summed E-state index contributed by atoms with van der Waals surface area (Å²) in [6, 6.07) is 0. The Bertz CT molecular complexity index is 339. The molecule has 0 fully saturated rings. The number of hydrogen-bond donors (Lipinski definition) is 0. The molecule has 4 heteroatoms. The molecular formula is C10H11N3O. The van der Waals surface area contributed by atoms with Gasteiger partial charge in [-0.2, -0.15) is 0 Å². The summed E-state index contributed by atoms with van der Waals surface area (Å²) >= 11 is 0.